The standard InChI is InChI=1S/C21H29NO4/c1-21(2,3)20(23)19(22)15-11-17(24-4)18(25-5)12-16(15)26-13-14-9-7-6-8-10-14/h6-12,19-20,23H,13,22H2,1-5H3/t19-,20-/m1/s1. The first kappa shape index (κ1) is 20.1. The van der Waals surface area contributed by atoms with Crippen molar-refractivity contribution >= 4 is 0 Å². The Balaban J connectivity index is 2.39. The molecule has 0 aliphatic heterocycles. The molecule has 5 nitrogen and oxygen atoms in total. The molecule has 0 aliphatic rings. The zero-order valence-corrected chi connectivity index (χ0v) is 16.2. The minimum Gasteiger partial charge on any atom is -0.493 e. The molecule has 0 unspecified atom stereocenters. The summed E-state index contributed by atoms with van der Waals surface area (Å²) in [4.78, 5) is 0. The third-order valence-corrected chi connectivity index (χ3v) is 4.34. The van der Waals surface area contributed by atoms with E-state index in [-0.39, 0.29) is 5.41 Å². The summed E-state index contributed by atoms with van der Waals surface area (Å²) in [6.07, 6.45) is -0.750. The monoisotopic (exact) mass is 359 g/mol. The zero-order chi connectivity index (χ0) is 19.3. The van der Waals surface area contributed by atoms with Crippen molar-refractivity contribution in [2.75, 3.05) is 14.2 Å². The number of rotatable bonds is 7. The van der Waals surface area contributed by atoms with Crippen molar-refractivity contribution in [3.63, 3.8) is 0 Å². The smallest absolute Gasteiger partial charge is 0.164 e. The van der Waals surface area contributed by atoms with Crippen LogP contribution in [0.5, 0.6) is 17.2 Å². The van der Waals surface area contributed by atoms with E-state index in [1.54, 1.807) is 26.4 Å². The first-order valence-corrected chi connectivity index (χ1v) is 8.64. The normalized spacial score (nSPS) is 13.8. The van der Waals surface area contributed by atoms with Crippen LogP contribution < -0.4 is 19.9 Å². The highest BCUT2D eigenvalue weighted by molar-refractivity contribution is 5.52. The largest absolute Gasteiger partial charge is 0.493 e. The van der Waals surface area contributed by atoms with Gasteiger partial charge in [0.2, 0.25) is 0 Å². The van der Waals surface area contributed by atoms with Crippen molar-refractivity contribution in [2.45, 2.75) is 39.5 Å². The minimum atomic E-state index is -0.750. The van der Waals surface area contributed by atoms with Crippen LogP contribution in [0.15, 0.2) is 42.5 Å². The van der Waals surface area contributed by atoms with Crippen LogP contribution in [0.3, 0.4) is 0 Å². The lowest BCUT2D eigenvalue weighted by Gasteiger charge is -2.32. The lowest BCUT2D eigenvalue weighted by molar-refractivity contribution is 0.0391. The van der Waals surface area contributed by atoms with E-state index in [4.69, 9.17) is 19.9 Å². The summed E-state index contributed by atoms with van der Waals surface area (Å²) < 4.78 is 16.8. The number of methoxy groups -OCH3 is 2. The highest BCUT2D eigenvalue weighted by Crippen LogP contribution is 2.40. The number of benzene rings is 2. The number of aliphatic hydroxyl groups is 1. The van der Waals surface area contributed by atoms with E-state index in [0.29, 0.717) is 29.4 Å². The van der Waals surface area contributed by atoms with Crippen LogP contribution in [0.1, 0.15) is 37.9 Å². The maximum absolute atomic E-state index is 10.7. The molecule has 0 radical (unpaired) electrons. The summed E-state index contributed by atoms with van der Waals surface area (Å²) in [6.45, 7) is 6.23. The summed E-state index contributed by atoms with van der Waals surface area (Å²) in [5.74, 6) is 1.67. The van der Waals surface area contributed by atoms with E-state index in [2.05, 4.69) is 0 Å². The molecule has 3 N–H and O–H groups in total. The molecule has 5 heteroatoms. The fourth-order valence-electron chi connectivity index (χ4n) is 2.71. The Hall–Kier alpha value is -2.24. The average molecular weight is 359 g/mol. The van der Waals surface area contributed by atoms with Crippen LogP contribution >= 0.6 is 0 Å². The Morgan fingerprint density at radius 1 is 0.962 bits per heavy atom. The van der Waals surface area contributed by atoms with E-state index in [0.717, 1.165) is 5.56 Å². The average Bonchev–Trinajstić information content (AvgIpc) is 2.64. The van der Waals surface area contributed by atoms with Gasteiger partial charge in [-0.15, -0.1) is 0 Å². The molecular weight excluding hydrogens is 330 g/mol. The van der Waals surface area contributed by atoms with Crippen molar-refractivity contribution in [1.29, 1.82) is 0 Å². The molecule has 26 heavy (non-hydrogen) atoms. The molecule has 2 aromatic rings. The topological polar surface area (TPSA) is 73.9 Å². The molecule has 2 aromatic carbocycles. The Labute approximate surface area is 155 Å². The molecule has 142 valence electrons. The van der Waals surface area contributed by atoms with Crippen LogP contribution in [-0.2, 0) is 6.61 Å². The highest BCUT2D eigenvalue weighted by Gasteiger charge is 2.31. The molecule has 0 aliphatic carbocycles. The van der Waals surface area contributed by atoms with Gasteiger partial charge in [0.25, 0.3) is 0 Å². The third kappa shape index (κ3) is 4.68. The Bertz CT molecular complexity index is 710. The Morgan fingerprint density at radius 2 is 1.54 bits per heavy atom. The van der Waals surface area contributed by atoms with Gasteiger partial charge in [0, 0.05) is 11.6 Å². The highest BCUT2D eigenvalue weighted by atomic mass is 16.5. The summed E-state index contributed by atoms with van der Waals surface area (Å²) in [5, 5.41) is 10.7. The predicted molar refractivity (Wildman–Crippen MR) is 103 cm³/mol. The van der Waals surface area contributed by atoms with Crippen LogP contribution in [-0.4, -0.2) is 25.4 Å². The number of ether oxygens (including phenoxy) is 3. The Morgan fingerprint density at radius 3 is 2.08 bits per heavy atom. The minimum absolute atomic E-state index is 0.372. The van der Waals surface area contributed by atoms with Gasteiger partial charge in [-0.3, -0.25) is 0 Å². The summed E-state index contributed by atoms with van der Waals surface area (Å²) >= 11 is 0. The first-order chi connectivity index (χ1) is 12.3. The fourth-order valence-corrected chi connectivity index (χ4v) is 2.71. The lowest BCUT2D eigenvalue weighted by atomic mass is 9.82. The second-order valence-corrected chi connectivity index (χ2v) is 7.36. The van der Waals surface area contributed by atoms with Gasteiger partial charge in [-0.1, -0.05) is 51.1 Å². The zero-order valence-electron chi connectivity index (χ0n) is 16.2. The first-order valence-electron chi connectivity index (χ1n) is 8.64. The van der Waals surface area contributed by atoms with E-state index in [1.165, 1.54) is 0 Å². The molecule has 0 spiro atoms. The molecule has 0 aromatic heterocycles. The van der Waals surface area contributed by atoms with Crippen molar-refractivity contribution in [3.8, 4) is 17.2 Å². The predicted octanol–water partition coefficient (Wildman–Crippen LogP) is 3.69. The van der Waals surface area contributed by atoms with Crippen LogP contribution in [0.2, 0.25) is 0 Å². The maximum atomic E-state index is 10.7. The second kappa shape index (κ2) is 8.43. The molecule has 2 atom stereocenters. The Kier molecular flexibility index (Phi) is 6.51. The fraction of sp³-hybridized carbons (Fsp3) is 0.429. The number of hydrogen-bond acceptors (Lipinski definition) is 5. The van der Waals surface area contributed by atoms with Gasteiger partial charge in [0.1, 0.15) is 12.4 Å². The van der Waals surface area contributed by atoms with E-state index in [9.17, 15) is 5.11 Å². The van der Waals surface area contributed by atoms with Gasteiger partial charge < -0.3 is 25.1 Å². The van der Waals surface area contributed by atoms with Crippen LogP contribution in [0.4, 0.5) is 0 Å². The van der Waals surface area contributed by atoms with Gasteiger partial charge in [-0.05, 0) is 17.0 Å². The van der Waals surface area contributed by atoms with Crippen molar-refractivity contribution in [2.24, 2.45) is 11.1 Å². The van der Waals surface area contributed by atoms with E-state index < -0.39 is 12.1 Å². The van der Waals surface area contributed by atoms with E-state index >= 15 is 0 Å². The molecule has 0 fully saturated rings. The SMILES string of the molecule is COc1cc(OCc2ccccc2)c([C@@H](N)[C@@H](O)C(C)(C)C)cc1OC. The van der Waals surface area contributed by atoms with Crippen molar-refractivity contribution in [1.82, 2.24) is 0 Å². The molecule has 0 saturated carbocycles. The summed E-state index contributed by atoms with van der Waals surface area (Å²) in [5.41, 5.74) is 7.73. The number of aliphatic hydroxyl groups excluding tert-OH is 1. The van der Waals surface area contributed by atoms with Gasteiger partial charge in [0.05, 0.1) is 26.4 Å². The van der Waals surface area contributed by atoms with Gasteiger partial charge in [0.15, 0.2) is 11.5 Å². The summed E-state index contributed by atoms with van der Waals surface area (Å²) in [7, 11) is 3.14. The molecule has 2 rings (SSSR count). The van der Waals surface area contributed by atoms with Crippen molar-refractivity contribution < 1.29 is 19.3 Å². The van der Waals surface area contributed by atoms with Crippen LogP contribution in [0, 0.1) is 5.41 Å². The molecule has 0 saturated heterocycles. The van der Waals surface area contributed by atoms with E-state index in [1.807, 2.05) is 51.1 Å². The number of hydrogen-bond donors (Lipinski definition) is 2. The molecule has 0 amide bonds. The quantitative estimate of drug-likeness (QED) is 0.789. The second-order valence-electron chi connectivity index (χ2n) is 7.36. The van der Waals surface area contributed by atoms with Gasteiger partial charge in [-0.25, -0.2) is 0 Å². The molecule has 0 bridgehead atoms. The van der Waals surface area contributed by atoms with Gasteiger partial charge >= 0.3 is 0 Å². The number of nitrogens with two attached hydrogens (primary N) is 1. The maximum Gasteiger partial charge on any atom is 0.164 e. The van der Waals surface area contributed by atoms with Crippen molar-refractivity contribution in [3.05, 3.63) is 53.6 Å². The van der Waals surface area contributed by atoms with Gasteiger partial charge in [-0.2, -0.15) is 0 Å². The lowest BCUT2D eigenvalue weighted by Crippen LogP contribution is -2.37. The molecular formula is C21H29NO4. The molecule has 0 heterocycles. The summed E-state index contributed by atoms with van der Waals surface area (Å²) in [6, 6.07) is 12.8. The third-order valence-electron chi connectivity index (χ3n) is 4.34. The van der Waals surface area contributed by atoms with Crippen LogP contribution in [0.25, 0.3) is 0 Å².